The molecule has 0 saturated heterocycles. The standard InChI is InChI=1S/C14H22N2O2/c1-3-16(14(17)5-4-10-15)11-12-6-8-13(18-2)9-7-12/h6-9H,3-5,10-11,15H2,1-2H3. The number of hydrogen-bond donors (Lipinski definition) is 1. The number of rotatable bonds is 7. The van der Waals surface area contributed by atoms with Crippen molar-refractivity contribution in [3.05, 3.63) is 29.8 Å². The lowest BCUT2D eigenvalue weighted by Gasteiger charge is -2.21. The molecule has 100 valence electrons. The Hall–Kier alpha value is -1.55. The van der Waals surface area contributed by atoms with E-state index in [0.29, 0.717) is 19.5 Å². The molecule has 18 heavy (non-hydrogen) atoms. The van der Waals surface area contributed by atoms with Crippen molar-refractivity contribution in [3.8, 4) is 5.75 Å². The van der Waals surface area contributed by atoms with Crippen LogP contribution in [0.2, 0.25) is 0 Å². The molecule has 0 aliphatic carbocycles. The molecule has 2 N–H and O–H groups in total. The lowest BCUT2D eigenvalue weighted by molar-refractivity contribution is -0.131. The fraction of sp³-hybridized carbons (Fsp3) is 0.500. The van der Waals surface area contributed by atoms with Crippen LogP contribution < -0.4 is 10.5 Å². The molecule has 0 radical (unpaired) electrons. The summed E-state index contributed by atoms with van der Waals surface area (Å²) >= 11 is 0. The summed E-state index contributed by atoms with van der Waals surface area (Å²) < 4.78 is 5.11. The molecule has 1 aromatic carbocycles. The third-order valence-electron chi connectivity index (χ3n) is 2.86. The van der Waals surface area contributed by atoms with Gasteiger partial charge in [0.25, 0.3) is 0 Å². The zero-order chi connectivity index (χ0) is 13.4. The molecule has 1 aromatic rings. The number of nitrogens with two attached hydrogens (primary N) is 1. The molecule has 0 atom stereocenters. The van der Waals surface area contributed by atoms with Crippen LogP contribution in [0.4, 0.5) is 0 Å². The zero-order valence-electron chi connectivity index (χ0n) is 11.2. The van der Waals surface area contributed by atoms with Gasteiger partial charge in [0.1, 0.15) is 5.75 Å². The molecule has 0 aliphatic rings. The van der Waals surface area contributed by atoms with Gasteiger partial charge in [-0.2, -0.15) is 0 Å². The molecule has 1 amide bonds. The summed E-state index contributed by atoms with van der Waals surface area (Å²) in [7, 11) is 1.64. The number of nitrogens with zero attached hydrogens (tertiary/aromatic N) is 1. The van der Waals surface area contributed by atoms with E-state index in [4.69, 9.17) is 10.5 Å². The van der Waals surface area contributed by atoms with Crippen molar-refractivity contribution in [3.63, 3.8) is 0 Å². The molecular formula is C14H22N2O2. The molecule has 0 saturated carbocycles. The highest BCUT2D eigenvalue weighted by atomic mass is 16.5. The van der Waals surface area contributed by atoms with E-state index in [1.54, 1.807) is 7.11 Å². The average molecular weight is 250 g/mol. The van der Waals surface area contributed by atoms with Gasteiger partial charge in [0.2, 0.25) is 5.91 Å². The quantitative estimate of drug-likeness (QED) is 0.802. The molecule has 4 nitrogen and oxygen atoms in total. The van der Waals surface area contributed by atoms with Crippen molar-refractivity contribution in [2.75, 3.05) is 20.2 Å². The van der Waals surface area contributed by atoms with Crippen LogP contribution in [0.15, 0.2) is 24.3 Å². The summed E-state index contributed by atoms with van der Waals surface area (Å²) in [5.41, 5.74) is 6.53. The van der Waals surface area contributed by atoms with Crippen molar-refractivity contribution in [1.82, 2.24) is 4.90 Å². The van der Waals surface area contributed by atoms with Gasteiger partial charge in [-0.1, -0.05) is 12.1 Å². The molecule has 0 spiro atoms. The first-order valence-corrected chi connectivity index (χ1v) is 6.32. The van der Waals surface area contributed by atoms with E-state index in [9.17, 15) is 4.79 Å². The minimum absolute atomic E-state index is 0.166. The Balaban J connectivity index is 2.58. The van der Waals surface area contributed by atoms with Gasteiger partial charge in [-0.3, -0.25) is 4.79 Å². The maximum absolute atomic E-state index is 11.9. The van der Waals surface area contributed by atoms with E-state index in [-0.39, 0.29) is 5.91 Å². The highest BCUT2D eigenvalue weighted by molar-refractivity contribution is 5.76. The van der Waals surface area contributed by atoms with Crippen LogP contribution in [0, 0.1) is 0 Å². The van der Waals surface area contributed by atoms with Crippen molar-refractivity contribution in [1.29, 1.82) is 0 Å². The van der Waals surface area contributed by atoms with Gasteiger partial charge in [-0.25, -0.2) is 0 Å². The Morgan fingerprint density at radius 2 is 2.00 bits per heavy atom. The van der Waals surface area contributed by atoms with E-state index >= 15 is 0 Å². The smallest absolute Gasteiger partial charge is 0.222 e. The lowest BCUT2D eigenvalue weighted by Crippen LogP contribution is -2.30. The van der Waals surface area contributed by atoms with Crippen LogP contribution in [0.25, 0.3) is 0 Å². The number of carbonyl (C=O) groups excluding carboxylic acids is 1. The van der Waals surface area contributed by atoms with Crippen LogP contribution in [0.1, 0.15) is 25.3 Å². The molecule has 0 aromatic heterocycles. The van der Waals surface area contributed by atoms with Gasteiger partial charge < -0.3 is 15.4 Å². The summed E-state index contributed by atoms with van der Waals surface area (Å²) in [6, 6.07) is 7.79. The number of hydrogen-bond acceptors (Lipinski definition) is 3. The van der Waals surface area contributed by atoms with Gasteiger partial charge in [0.05, 0.1) is 7.11 Å². The highest BCUT2D eigenvalue weighted by Crippen LogP contribution is 2.13. The molecule has 0 aliphatic heterocycles. The van der Waals surface area contributed by atoms with Crippen LogP contribution >= 0.6 is 0 Å². The van der Waals surface area contributed by atoms with E-state index in [1.165, 1.54) is 0 Å². The average Bonchev–Trinajstić information content (AvgIpc) is 2.42. The molecule has 1 rings (SSSR count). The van der Waals surface area contributed by atoms with E-state index < -0.39 is 0 Å². The van der Waals surface area contributed by atoms with Crippen molar-refractivity contribution >= 4 is 5.91 Å². The molecular weight excluding hydrogens is 228 g/mol. The third kappa shape index (κ3) is 4.37. The fourth-order valence-electron chi connectivity index (χ4n) is 1.74. The minimum atomic E-state index is 0.166. The van der Waals surface area contributed by atoms with E-state index in [2.05, 4.69) is 0 Å². The molecule has 0 fully saturated rings. The van der Waals surface area contributed by atoms with Gasteiger partial charge in [0, 0.05) is 19.5 Å². The number of ether oxygens (including phenoxy) is 1. The second-order valence-electron chi connectivity index (χ2n) is 4.15. The first-order valence-electron chi connectivity index (χ1n) is 6.32. The molecule has 0 heterocycles. The largest absolute Gasteiger partial charge is 0.497 e. The van der Waals surface area contributed by atoms with Crippen LogP contribution in [0.5, 0.6) is 5.75 Å². The number of carbonyl (C=O) groups is 1. The molecule has 0 unspecified atom stereocenters. The lowest BCUT2D eigenvalue weighted by atomic mass is 10.2. The normalized spacial score (nSPS) is 10.2. The minimum Gasteiger partial charge on any atom is -0.497 e. The number of methoxy groups -OCH3 is 1. The van der Waals surface area contributed by atoms with Crippen molar-refractivity contribution in [2.45, 2.75) is 26.3 Å². The van der Waals surface area contributed by atoms with Gasteiger partial charge in [0.15, 0.2) is 0 Å². The first-order chi connectivity index (χ1) is 8.71. The Bertz CT molecular complexity index is 363. The maximum atomic E-state index is 11.9. The van der Waals surface area contributed by atoms with Crippen molar-refractivity contribution in [2.24, 2.45) is 5.73 Å². The Labute approximate surface area is 109 Å². The number of benzene rings is 1. The van der Waals surface area contributed by atoms with Crippen LogP contribution in [0.3, 0.4) is 0 Å². The summed E-state index contributed by atoms with van der Waals surface area (Å²) in [6.45, 7) is 3.91. The highest BCUT2D eigenvalue weighted by Gasteiger charge is 2.11. The zero-order valence-corrected chi connectivity index (χ0v) is 11.2. The summed E-state index contributed by atoms with van der Waals surface area (Å²) in [5.74, 6) is 0.995. The monoisotopic (exact) mass is 250 g/mol. The SMILES string of the molecule is CCN(Cc1ccc(OC)cc1)C(=O)CCCN. The first kappa shape index (κ1) is 14.5. The van der Waals surface area contributed by atoms with Crippen molar-refractivity contribution < 1.29 is 9.53 Å². The molecule has 4 heteroatoms. The van der Waals surface area contributed by atoms with E-state index in [0.717, 1.165) is 24.3 Å². The summed E-state index contributed by atoms with van der Waals surface area (Å²) in [5, 5.41) is 0. The fourth-order valence-corrected chi connectivity index (χ4v) is 1.74. The second kappa shape index (κ2) is 7.71. The molecule has 0 bridgehead atoms. The van der Waals surface area contributed by atoms with Gasteiger partial charge in [-0.15, -0.1) is 0 Å². The third-order valence-corrected chi connectivity index (χ3v) is 2.86. The topological polar surface area (TPSA) is 55.6 Å². The van der Waals surface area contributed by atoms with Crippen LogP contribution in [-0.4, -0.2) is 31.0 Å². The Morgan fingerprint density at radius 3 is 2.50 bits per heavy atom. The Kier molecular flexibility index (Phi) is 6.22. The predicted molar refractivity (Wildman–Crippen MR) is 72.4 cm³/mol. The second-order valence-corrected chi connectivity index (χ2v) is 4.15. The predicted octanol–water partition coefficient (Wildman–Crippen LogP) is 1.78. The van der Waals surface area contributed by atoms with Gasteiger partial charge >= 0.3 is 0 Å². The maximum Gasteiger partial charge on any atom is 0.222 e. The Morgan fingerprint density at radius 1 is 1.33 bits per heavy atom. The number of amides is 1. The van der Waals surface area contributed by atoms with Gasteiger partial charge in [-0.05, 0) is 37.6 Å². The van der Waals surface area contributed by atoms with E-state index in [1.807, 2.05) is 36.1 Å². The van der Waals surface area contributed by atoms with Crippen LogP contribution in [-0.2, 0) is 11.3 Å². The summed E-state index contributed by atoms with van der Waals surface area (Å²) in [6.07, 6.45) is 1.28. The summed E-state index contributed by atoms with van der Waals surface area (Å²) in [4.78, 5) is 13.8.